The van der Waals surface area contributed by atoms with E-state index >= 15 is 0 Å². The summed E-state index contributed by atoms with van der Waals surface area (Å²) in [7, 11) is 2.71. The quantitative estimate of drug-likeness (QED) is 0.768. The molecule has 7 heteroatoms. The number of esters is 1. The highest BCUT2D eigenvalue weighted by Gasteiger charge is 2.23. The van der Waals surface area contributed by atoms with Crippen LogP contribution in [0.15, 0.2) is 42.5 Å². The lowest BCUT2D eigenvalue weighted by molar-refractivity contribution is -0.145. The van der Waals surface area contributed by atoms with Crippen LogP contribution in [0.25, 0.3) is 0 Å². The van der Waals surface area contributed by atoms with E-state index in [4.69, 9.17) is 9.47 Å². The molecule has 0 aliphatic rings. The maximum atomic E-state index is 13.7. The zero-order chi connectivity index (χ0) is 19.1. The van der Waals surface area contributed by atoms with Crippen LogP contribution in [0.3, 0.4) is 0 Å². The van der Waals surface area contributed by atoms with Gasteiger partial charge in [0.1, 0.15) is 23.4 Å². The van der Waals surface area contributed by atoms with E-state index in [1.165, 1.54) is 20.3 Å². The minimum atomic E-state index is -0.991. The van der Waals surface area contributed by atoms with Crippen molar-refractivity contribution in [1.82, 2.24) is 5.32 Å². The van der Waals surface area contributed by atoms with Gasteiger partial charge < -0.3 is 14.8 Å². The number of carbonyl (C=O) groups excluding carboxylic acids is 2. The molecule has 0 spiro atoms. The third-order valence-electron chi connectivity index (χ3n) is 3.79. The molecule has 1 amide bonds. The molecule has 138 valence electrons. The average Bonchev–Trinajstić information content (AvgIpc) is 2.63. The van der Waals surface area contributed by atoms with Crippen molar-refractivity contribution < 1.29 is 27.8 Å². The molecular weight excluding hydrogens is 344 g/mol. The molecule has 0 bridgehead atoms. The maximum Gasteiger partial charge on any atom is 0.328 e. The Hall–Kier alpha value is -2.96. The first-order valence-corrected chi connectivity index (χ1v) is 7.87. The Kier molecular flexibility index (Phi) is 6.66. The number of nitrogens with one attached hydrogen (secondary N) is 1. The van der Waals surface area contributed by atoms with Crippen LogP contribution < -0.4 is 10.1 Å². The number of methoxy groups -OCH3 is 2. The largest absolute Gasteiger partial charge is 0.497 e. The van der Waals surface area contributed by atoms with Crippen LogP contribution in [-0.2, 0) is 27.2 Å². The summed E-state index contributed by atoms with van der Waals surface area (Å²) in [5.74, 6) is -2.38. The van der Waals surface area contributed by atoms with Crippen LogP contribution in [0.1, 0.15) is 11.1 Å². The van der Waals surface area contributed by atoms with E-state index in [0.717, 1.165) is 17.7 Å². The van der Waals surface area contributed by atoms with Gasteiger partial charge in [-0.15, -0.1) is 0 Å². The van der Waals surface area contributed by atoms with Gasteiger partial charge in [0.2, 0.25) is 5.91 Å². The van der Waals surface area contributed by atoms with Gasteiger partial charge in [-0.3, -0.25) is 4.79 Å². The van der Waals surface area contributed by atoms with E-state index in [-0.39, 0.29) is 12.0 Å². The molecular formula is C19H19F2NO4. The van der Waals surface area contributed by atoms with Crippen LogP contribution in [0.2, 0.25) is 0 Å². The summed E-state index contributed by atoms with van der Waals surface area (Å²) in [5, 5.41) is 2.47. The normalized spacial score (nSPS) is 11.5. The highest BCUT2D eigenvalue weighted by atomic mass is 19.1. The fourth-order valence-corrected chi connectivity index (χ4v) is 2.48. The van der Waals surface area contributed by atoms with E-state index in [9.17, 15) is 18.4 Å². The lowest BCUT2D eigenvalue weighted by Gasteiger charge is -2.17. The molecule has 2 aromatic carbocycles. The topological polar surface area (TPSA) is 64.6 Å². The molecule has 1 N–H and O–H groups in total. The van der Waals surface area contributed by atoms with Gasteiger partial charge in [0.15, 0.2) is 0 Å². The summed E-state index contributed by atoms with van der Waals surface area (Å²) in [5.41, 5.74) is 0.382. The fraction of sp³-hybridized carbons (Fsp3) is 0.263. The maximum absolute atomic E-state index is 13.7. The number of carbonyl (C=O) groups is 2. The number of benzene rings is 2. The summed E-state index contributed by atoms with van der Waals surface area (Å²) in [6.07, 6.45) is -0.376. The van der Waals surface area contributed by atoms with Crippen molar-refractivity contribution in [2.75, 3.05) is 14.2 Å². The second kappa shape index (κ2) is 8.94. The third-order valence-corrected chi connectivity index (χ3v) is 3.79. The van der Waals surface area contributed by atoms with Crippen LogP contribution in [-0.4, -0.2) is 32.1 Å². The van der Waals surface area contributed by atoms with Crippen LogP contribution in [0, 0.1) is 11.6 Å². The molecule has 0 radical (unpaired) electrons. The van der Waals surface area contributed by atoms with Crippen molar-refractivity contribution in [3.05, 3.63) is 65.2 Å². The molecule has 0 aromatic heterocycles. The van der Waals surface area contributed by atoms with Crippen molar-refractivity contribution in [2.45, 2.75) is 18.9 Å². The number of hydrogen-bond donors (Lipinski definition) is 1. The summed E-state index contributed by atoms with van der Waals surface area (Å²) >= 11 is 0. The molecule has 2 rings (SSSR count). The molecule has 0 fully saturated rings. The highest BCUT2D eigenvalue weighted by Crippen LogP contribution is 2.15. The average molecular weight is 363 g/mol. The number of amides is 1. The molecule has 26 heavy (non-hydrogen) atoms. The number of rotatable bonds is 7. The molecule has 0 saturated heterocycles. The zero-order valence-electron chi connectivity index (χ0n) is 14.4. The smallest absolute Gasteiger partial charge is 0.328 e. The Morgan fingerprint density at radius 3 is 2.35 bits per heavy atom. The monoisotopic (exact) mass is 363 g/mol. The number of ether oxygens (including phenoxy) is 2. The van der Waals surface area contributed by atoms with Gasteiger partial charge in [-0.1, -0.05) is 18.2 Å². The lowest BCUT2D eigenvalue weighted by Crippen LogP contribution is -2.43. The zero-order valence-corrected chi connectivity index (χ0v) is 14.4. The van der Waals surface area contributed by atoms with Crippen molar-refractivity contribution in [3.8, 4) is 5.75 Å². The second-order valence-corrected chi connectivity index (χ2v) is 5.58. The molecule has 0 heterocycles. The Morgan fingerprint density at radius 1 is 1.08 bits per heavy atom. The van der Waals surface area contributed by atoms with Crippen molar-refractivity contribution >= 4 is 11.9 Å². The minimum absolute atomic E-state index is 0.148. The molecule has 5 nitrogen and oxygen atoms in total. The predicted molar refractivity (Wildman–Crippen MR) is 90.7 cm³/mol. The van der Waals surface area contributed by atoms with Gasteiger partial charge in [0.05, 0.1) is 20.6 Å². The van der Waals surface area contributed by atoms with Crippen LogP contribution >= 0.6 is 0 Å². The molecule has 0 unspecified atom stereocenters. The Bertz CT molecular complexity index is 775. The molecule has 1 atom stereocenters. The first kappa shape index (κ1) is 19.4. The summed E-state index contributed by atoms with van der Waals surface area (Å²) < 4.78 is 37.2. The molecule has 0 aliphatic carbocycles. The van der Waals surface area contributed by atoms with Crippen LogP contribution in [0.5, 0.6) is 5.75 Å². The standard InChI is InChI=1S/C19H19F2NO4/c1-25-13-6-3-5-12(9-13)10-17(19(24)26-2)22-18(23)11-14-15(20)7-4-8-16(14)21/h3-9,17H,10-11H2,1-2H3,(H,22,23)/t17-/m0/s1. The van der Waals surface area contributed by atoms with Crippen molar-refractivity contribution in [3.63, 3.8) is 0 Å². The fourth-order valence-electron chi connectivity index (χ4n) is 2.48. The van der Waals surface area contributed by atoms with E-state index in [2.05, 4.69) is 5.32 Å². The summed E-state index contributed by atoms with van der Waals surface area (Å²) in [6, 6.07) is 9.34. The predicted octanol–water partition coefficient (Wildman–Crippen LogP) is 2.42. The molecule has 0 saturated carbocycles. The van der Waals surface area contributed by atoms with Gasteiger partial charge in [0, 0.05) is 12.0 Å². The summed E-state index contributed by atoms with van der Waals surface area (Å²) in [4.78, 5) is 24.2. The first-order chi connectivity index (χ1) is 12.4. The first-order valence-electron chi connectivity index (χ1n) is 7.87. The third kappa shape index (κ3) is 5.02. The van der Waals surface area contributed by atoms with E-state index in [1.54, 1.807) is 24.3 Å². The number of halogens is 2. The number of hydrogen-bond acceptors (Lipinski definition) is 4. The molecule has 0 aliphatic heterocycles. The van der Waals surface area contributed by atoms with Gasteiger partial charge in [-0.2, -0.15) is 0 Å². The Balaban J connectivity index is 2.12. The van der Waals surface area contributed by atoms with Gasteiger partial charge in [-0.25, -0.2) is 13.6 Å². The van der Waals surface area contributed by atoms with Gasteiger partial charge >= 0.3 is 5.97 Å². The molecule has 2 aromatic rings. The van der Waals surface area contributed by atoms with Gasteiger partial charge in [0.25, 0.3) is 0 Å². The minimum Gasteiger partial charge on any atom is -0.497 e. The summed E-state index contributed by atoms with van der Waals surface area (Å²) in [6.45, 7) is 0. The van der Waals surface area contributed by atoms with Gasteiger partial charge in [-0.05, 0) is 29.8 Å². The highest BCUT2D eigenvalue weighted by molar-refractivity contribution is 5.85. The van der Waals surface area contributed by atoms with E-state index < -0.39 is 36.0 Å². The Labute approximate surface area is 149 Å². The van der Waals surface area contributed by atoms with Crippen molar-refractivity contribution in [1.29, 1.82) is 0 Å². The second-order valence-electron chi connectivity index (χ2n) is 5.58. The Morgan fingerprint density at radius 2 is 1.73 bits per heavy atom. The van der Waals surface area contributed by atoms with Crippen LogP contribution in [0.4, 0.5) is 8.78 Å². The van der Waals surface area contributed by atoms with Crippen molar-refractivity contribution in [2.24, 2.45) is 0 Å². The lowest BCUT2D eigenvalue weighted by atomic mass is 10.0. The SMILES string of the molecule is COC(=O)[C@H](Cc1cccc(OC)c1)NC(=O)Cc1c(F)cccc1F. The van der Waals surface area contributed by atoms with E-state index in [0.29, 0.717) is 5.75 Å². The van der Waals surface area contributed by atoms with E-state index in [1.807, 2.05) is 0 Å².